The highest BCUT2D eigenvalue weighted by atomic mass is 32.2. The summed E-state index contributed by atoms with van der Waals surface area (Å²) in [5, 5.41) is 2.87. The molecular weight excluding hydrogens is 326 g/mol. The fraction of sp³-hybridized carbons (Fsp3) is 0.278. The number of benzene rings is 2. The summed E-state index contributed by atoms with van der Waals surface area (Å²) in [5.74, 6) is 0.955. The number of hydrogen-bond donors (Lipinski definition) is 1. The maximum absolute atomic E-state index is 12.4. The summed E-state index contributed by atoms with van der Waals surface area (Å²) in [6.45, 7) is 0. The fourth-order valence-electron chi connectivity index (χ4n) is 2.66. The molecule has 1 saturated heterocycles. The predicted octanol–water partition coefficient (Wildman–Crippen LogP) is 3.24. The van der Waals surface area contributed by atoms with Crippen LogP contribution in [0.1, 0.15) is 12.8 Å². The van der Waals surface area contributed by atoms with Crippen molar-refractivity contribution in [3.8, 4) is 11.5 Å². The van der Waals surface area contributed by atoms with E-state index in [0.717, 1.165) is 0 Å². The van der Waals surface area contributed by atoms with Crippen LogP contribution in [0.25, 0.3) is 0 Å². The number of hydrogen-bond acceptors (Lipinski definition) is 4. The molecule has 1 amide bonds. The number of ether oxygens (including phenoxy) is 1. The summed E-state index contributed by atoms with van der Waals surface area (Å²) in [6.07, 6.45) is 0.742. The summed E-state index contributed by atoms with van der Waals surface area (Å²) < 4.78 is 28.8. The van der Waals surface area contributed by atoms with E-state index in [-0.39, 0.29) is 23.3 Å². The number of rotatable bonds is 4. The maximum atomic E-state index is 12.4. The van der Waals surface area contributed by atoms with E-state index in [2.05, 4.69) is 5.32 Å². The number of nitrogens with one attached hydrogen (secondary N) is 1. The highest BCUT2D eigenvalue weighted by Crippen LogP contribution is 2.30. The van der Waals surface area contributed by atoms with Crippen LogP contribution in [0.5, 0.6) is 11.5 Å². The van der Waals surface area contributed by atoms with Gasteiger partial charge in [-0.15, -0.1) is 0 Å². The van der Waals surface area contributed by atoms with Crippen LogP contribution >= 0.6 is 0 Å². The van der Waals surface area contributed by atoms with Crippen LogP contribution in [0, 0.1) is 5.92 Å². The van der Waals surface area contributed by atoms with Crippen LogP contribution in [-0.4, -0.2) is 25.8 Å². The Balaban J connectivity index is 1.70. The molecule has 2 aromatic rings. The molecule has 0 spiro atoms. The molecule has 3 rings (SSSR count). The first-order valence-corrected chi connectivity index (χ1v) is 9.69. The van der Waals surface area contributed by atoms with Crippen molar-refractivity contribution < 1.29 is 17.9 Å². The predicted molar refractivity (Wildman–Crippen MR) is 93.0 cm³/mol. The number of carbonyl (C=O) groups is 1. The number of sulfone groups is 1. The van der Waals surface area contributed by atoms with E-state index in [1.165, 1.54) is 0 Å². The van der Waals surface area contributed by atoms with Gasteiger partial charge in [0.05, 0.1) is 17.2 Å². The molecule has 1 aliphatic rings. The van der Waals surface area contributed by atoms with Gasteiger partial charge in [0.2, 0.25) is 5.91 Å². The lowest BCUT2D eigenvalue weighted by molar-refractivity contribution is -0.120. The van der Waals surface area contributed by atoms with Gasteiger partial charge in [0.15, 0.2) is 5.75 Å². The highest BCUT2D eigenvalue weighted by Gasteiger charge is 2.28. The largest absolute Gasteiger partial charge is 0.455 e. The average molecular weight is 345 g/mol. The second-order valence-corrected chi connectivity index (χ2v) is 8.13. The van der Waals surface area contributed by atoms with Crippen molar-refractivity contribution in [1.82, 2.24) is 0 Å². The SMILES string of the molecule is O=C(Nc1ccccc1Oc1ccccc1)C1CCS(=O)(=O)CC1. The third-order valence-electron chi connectivity index (χ3n) is 4.04. The summed E-state index contributed by atoms with van der Waals surface area (Å²) in [5.41, 5.74) is 0.583. The van der Waals surface area contributed by atoms with E-state index in [4.69, 9.17) is 4.74 Å². The Morgan fingerprint density at radius 1 is 0.958 bits per heavy atom. The van der Waals surface area contributed by atoms with Crippen LogP contribution in [-0.2, 0) is 14.6 Å². The first kappa shape index (κ1) is 16.5. The first-order chi connectivity index (χ1) is 11.5. The molecule has 0 aliphatic carbocycles. The molecule has 0 aromatic heterocycles. The van der Waals surface area contributed by atoms with Crippen molar-refractivity contribution in [2.75, 3.05) is 16.8 Å². The molecule has 5 nitrogen and oxygen atoms in total. The van der Waals surface area contributed by atoms with Gasteiger partial charge in [0.25, 0.3) is 0 Å². The molecule has 1 N–H and O–H groups in total. The smallest absolute Gasteiger partial charge is 0.227 e. The fourth-order valence-corrected chi connectivity index (χ4v) is 4.15. The monoisotopic (exact) mass is 345 g/mol. The number of anilines is 1. The minimum Gasteiger partial charge on any atom is -0.455 e. The molecule has 2 aromatic carbocycles. The first-order valence-electron chi connectivity index (χ1n) is 7.87. The van der Waals surface area contributed by atoms with Gasteiger partial charge in [-0.1, -0.05) is 30.3 Å². The van der Waals surface area contributed by atoms with Crippen LogP contribution < -0.4 is 10.1 Å². The zero-order chi connectivity index (χ0) is 17.0. The lowest BCUT2D eigenvalue weighted by Crippen LogP contribution is -2.31. The third kappa shape index (κ3) is 4.14. The average Bonchev–Trinajstić information content (AvgIpc) is 2.57. The van der Waals surface area contributed by atoms with Gasteiger partial charge in [-0.3, -0.25) is 4.79 Å². The Bertz CT molecular complexity index is 804. The zero-order valence-electron chi connectivity index (χ0n) is 13.1. The van der Waals surface area contributed by atoms with Crippen LogP contribution in [0.4, 0.5) is 5.69 Å². The Kier molecular flexibility index (Phi) is 4.85. The van der Waals surface area contributed by atoms with E-state index in [9.17, 15) is 13.2 Å². The molecule has 1 aliphatic heterocycles. The Labute approximate surface area is 141 Å². The van der Waals surface area contributed by atoms with Crippen molar-refractivity contribution in [2.24, 2.45) is 5.92 Å². The second-order valence-electron chi connectivity index (χ2n) is 5.83. The van der Waals surface area contributed by atoms with Gasteiger partial charge in [0.1, 0.15) is 15.6 Å². The van der Waals surface area contributed by atoms with Crippen molar-refractivity contribution in [2.45, 2.75) is 12.8 Å². The van der Waals surface area contributed by atoms with Crippen molar-refractivity contribution in [1.29, 1.82) is 0 Å². The number of para-hydroxylation sites is 3. The maximum Gasteiger partial charge on any atom is 0.227 e. The third-order valence-corrected chi connectivity index (χ3v) is 5.76. The Morgan fingerprint density at radius 2 is 1.58 bits per heavy atom. The standard InChI is InChI=1S/C18H19NO4S/c20-18(14-10-12-24(21,22)13-11-14)19-16-8-4-5-9-17(16)23-15-6-2-1-3-7-15/h1-9,14H,10-13H2,(H,19,20). The summed E-state index contributed by atoms with van der Waals surface area (Å²) >= 11 is 0. The van der Waals surface area contributed by atoms with Crippen LogP contribution in [0.2, 0.25) is 0 Å². The molecule has 1 fully saturated rings. The molecule has 0 atom stereocenters. The Hall–Kier alpha value is -2.34. The minimum absolute atomic E-state index is 0.0766. The normalized spacial score (nSPS) is 17.2. The lowest BCUT2D eigenvalue weighted by atomic mass is 10.0. The highest BCUT2D eigenvalue weighted by molar-refractivity contribution is 7.91. The molecule has 0 saturated carbocycles. The van der Waals surface area contributed by atoms with Gasteiger partial charge in [0, 0.05) is 5.92 Å². The van der Waals surface area contributed by atoms with E-state index in [1.807, 2.05) is 42.5 Å². The zero-order valence-corrected chi connectivity index (χ0v) is 14.0. The molecule has 1 heterocycles. The van der Waals surface area contributed by atoms with E-state index in [0.29, 0.717) is 30.0 Å². The molecule has 6 heteroatoms. The topological polar surface area (TPSA) is 72.5 Å². The van der Waals surface area contributed by atoms with Gasteiger partial charge in [-0.05, 0) is 37.1 Å². The Morgan fingerprint density at radius 3 is 2.29 bits per heavy atom. The van der Waals surface area contributed by atoms with Crippen molar-refractivity contribution in [3.63, 3.8) is 0 Å². The molecule has 0 radical (unpaired) electrons. The van der Waals surface area contributed by atoms with Gasteiger partial charge >= 0.3 is 0 Å². The molecule has 0 unspecified atom stereocenters. The summed E-state index contributed by atoms with van der Waals surface area (Å²) in [7, 11) is -2.98. The molecule has 0 bridgehead atoms. The lowest BCUT2D eigenvalue weighted by Gasteiger charge is -2.21. The van der Waals surface area contributed by atoms with Gasteiger partial charge in [-0.2, -0.15) is 0 Å². The number of carbonyl (C=O) groups excluding carboxylic acids is 1. The van der Waals surface area contributed by atoms with E-state index >= 15 is 0 Å². The minimum atomic E-state index is -2.98. The van der Waals surface area contributed by atoms with Crippen molar-refractivity contribution >= 4 is 21.4 Å². The van der Waals surface area contributed by atoms with Gasteiger partial charge < -0.3 is 10.1 Å². The van der Waals surface area contributed by atoms with E-state index < -0.39 is 9.84 Å². The van der Waals surface area contributed by atoms with Gasteiger partial charge in [-0.25, -0.2) is 8.42 Å². The molecule has 126 valence electrons. The summed E-state index contributed by atoms with van der Waals surface area (Å²) in [6, 6.07) is 16.5. The van der Waals surface area contributed by atoms with Crippen molar-refractivity contribution in [3.05, 3.63) is 54.6 Å². The number of amides is 1. The second kappa shape index (κ2) is 7.05. The molecule has 24 heavy (non-hydrogen) atoms. The quantitative estimate of drug-likeness (QED) is 0.923. The van der Waals surface area contributed by atoms with Crippen LogP contribution in [0.3, 0.4) is 0 Å². The summed E-state index contributed by atoms with van der Waals surface area (Å²) in [4.78, 5) is 12.4. The molecular formula is C18H19NO4S. The van der Waals surface area contributed by atoms with E-state index in [1.54, 1.807) is 12.1 Å². The van der Waals surface area contributed by atoms with Crippen LogP contribution in [0.15, 0.2) is 54.6 Å².